The number of benzene rings is 3. The highest BCUT2D eigenvalue weighted by molar-refractivity contribution is 7.89. The summed E-state index contributed by atoms with van der Waals surface area (Å²) in [5.74, 6) is -0.452. The van der Waals surface area contributed by atoms with Crippen molar-refractivity contribution in [2.24, 2.45) is 0 Å². The largest absolute Gasteiger partial charge is 0.379 e. The molecule has 3 aromatic rings. The summed E-state index contributed by atoms with van der Waals surface area (Å²) in [6.07, 6.45) is 0.713. The summed E-state index contributed by atoms with van der Waals surface area (Å²) in [6.45, 7) is 4.64. The maximum atomic E-state index is 13.4. The van der Waals surface area contributed by atoms with E-state index in [1.807, 2.05) is 42.5 Å². The molecule has 4 rings (SSSR count). The van der Waals surface area contributed by atoms with E-state index in [1.165, 1.54) is 28.6 Å². The van der Waals surface area contributed by atoms with Crippen LogP contribution in [-0.2, 0) is 21.3 Å². The molecule has 0 N–H and O–H groups in total. The Morgan fingerprint density at radius 2 is 1.65 bits per heavy atom. The lowest BCUT2D eigenvalue weighted by molar-refractivity contribution is 0.0368. The van der Waals surface area contributed by atoms with Gasteiger partial charge in [0.15, 0.2) is 0 Å². The number of sulfonamides is 1. The highest BCUT2D eigenvalue weighted by Crippen LogP contribution is 2.24. The Bertz CT molecular complexity index is 1110. The molecule has 0 aliphatic carbocycles. The van der Waals surface area contributed by atoms with E-state index < -0.39 is 15.8 Å². The van der Waals surface area contributed by atoms with Crippen LogP contribution in [-0.4, -0.2) is 57.0 Å². The Morgan fingerprint density at radius 3 is 2.42 bits per heavy atom. The minimum Gasteiger partial charge on any atom is -0.379 e. The number of rotatable bonds is 8. The van der Waals surface area contributed by atoms with Crippen molar-refractivity contribution in [1.82, 2.24) is 9.21 Å². The standard InChI is InChI=1S/C24H27FN2O3S/c25-22-9-11-23(12-10-22)31(28,29)27(14-4-13-26-15-17-30-18-16-26)19-21-7-3-6-20-5-1-2-8-24(20)21/h1-3,5-12H,4,13-19H2. The van der Waals surface area contributed by atoms with Crippen molar-refractivity contribution >= 4 is 20.8 Å². The van der Waals surface area contributed by atoms with Gasteiger partial charge in [0.1, 0.15) is 5.82 Å². The first-order valence-electron chi connectivity index (χ1n) is 10.6. The first-order valence-corrected chi connectivity index (χ1v) is 12.0. The van der Waals surface area contributed by atoms with Crippen molar-refractivity contribution in [3.8, 4) is 0 Å². The van der Waals surface area contributed by atoms with E-state index >= 15 is 0 Å². The van der Waals surface area contributed by atoms with Gasteiger partial charge in [-0.3, -0.25) is 4.90 Å². The molecule has 1 aliphatic heterocycles. The number of halogens is 1. The molecule has 0 aromatic heterocycles. The molecule has 0 amide bonds. The van der Waals surface area contributed by atoms with Gasteiger partial charge in [-0.1, -0.05) is 42.5 Å². The molecule has 0 saturated carbocycles. The van der Waals surface area contributed by atoms with Crippen molar-refractivity contribution < 1.29 is 17.5 Å². The van der Waals surface area contributed by atoms with E-state index in [9.17, 15) is 12.8 Å². The SMILES string of the molecule is O=S(=O)(c1ccc(F)cc1)N(CCCN1CCOCC1)Cc1cccc2ccccc12. The third-order valence-corrected chi connectivity index (χ3v) is 7.52. The number of ether oxygens (including phenoxy) is 1. The number of morpholine rings is 1. The Balaban J connectivity index is 1.59. The molecule has 1 aliphatic rings. The number of fused-ring (bicyclic) bond motifs is 1. The normalized spacial score (nSPS) is 15.5. The average molecular weight is 443 g/mol. The zero-order valence-corrected chi connectivity index (χ0v) is 18.2. The lowest BCUT2D eigenvalue weighted by atomic mass is 10.0. The zero-order valence-electron chi connectivity index (χ0n) is 17.4. The molecule has 164 valence electrons. The molecule has 31 heavy (non-hydrogen) atoms. The first-order chi connectivity index (χ1) is 15.0. The maximum absolute atomic E-state index is 13.4. The van der Waals surface area contributed by atoms with Crippen LogP contribution in [0.25, 0.3) is 10.8 Å². The van der Waals surface area contributed by atoms with Gasteiger partial charge in [0, 0.05) is 26.2 Å². The van der Waals surface area contributed by atoms with E-state index in [0.29, 0.717) is 26.2 Å². The molecule has 7 heteroatoms. The second-order valence-corrected chi connectivity index (χ2v) is 9.68. The van der Waals surface area contributed by atoms with Crippen molar-refractivity contribution in [3.05, 3.63) is 78.1 Å². The molecule has 0 radical (unpaired) electrons. The van der Waals surface area contributed by atoms with E-state index in [1.54, 1.807) is 0 Å². The van der Waals surface area contributed by atoms with Crippen LogP contribution in [0.15, 0.2) is 71.6 Å². The topological polar surface area (TPSA) is 49.9 Å². The van der Waals surface area contributed by atoms with Crippen LogP contribution in [0.2, 0.25) is 0 Å². The highest BCUT2D eigenvalue weighted by Gasteiger charge is 2.25. The summed E-state index contributed by atoms with van der Waals surface area (Å²) < 4.78 is 47.2. The minimum atomic E-state index is -3.76. The molecule has 1 fully saturated rings. The van der Waals surface area contributed by atoms with Gasteiger partial charge >= 0.3 is 0 Å². The van der Waals surface area contributed by atoms with Gasteiger partial charge in [-0.15, -0.1) is 0 Å². The fourth-order valence-corrected chi connectivity index (χ4v) is 5.41. The van der Waals surface area contributed by atoms with Crippen molar-refractivity contribution in [2.45, 2.75) is 17.9 Å². The third kappa shape index (κ3) is 5.30. The maximum Gasteiger partial charge on any atom is 0.243 e. The Hall–Kier alpha value is -2.32. The van der Waals surface area contributed by atoms with Crippen LogP contribution >= 0.6 is 0 Å². The van der Waals surface area contributed by atoms with Crippen LogP contribution in [0.3, 0.4) is 0 Å². The van der Waals surface area contributed by atoms with Crippen molar-refractivity contribution in [3.63, 3.8) is 0 Å². The summed E-state index contributed by atoms with van der Waals surface area (Å²) in [5.41, 5.74) is 0.954. The number of hydrogen-bond acceptors (Lipinski definition) is 4. The summed E-state index contributed by atoms with van der Waals surface area (Å²) in [7, 11) is -3.76. The van der Waals surface area contributed by atoms with Crippen molar-refractivity contribution in [2.75, 3.05) is 39.4 Å². The lowest BCUT2D eigenvalue weighted by Gasteiger charge is -2.28. The number of nitrogens with zero attached hydrogens (tertiary/aromatic N) is 2. The Morgan fingerprint density at radius 1 is 0.935 bits per heavy atom. The molecule has 1 heterocycles. The fraction of sp³-hybridized carbons (Fsp3) is 0.333. The molecular formula is C24H27FN2O3S. The zero-order chi connectivity index (χ0) is 21.7. The predicted molar refractivity (Wildman–Crippen MR) is 120 cm³/mol. The molecule has 3 aromatic carbocycles. The van der Waals surface area contributed by atoms with Crippen LogP contribution < -0.4 is 0 Å². The molecule has 0 bridgehead atoms. The second-order valence-electron chi connectivity index (χ2n) is 7.74. The molecule has 0 spiro atoms. The van der Waals surface area contributed by atoms with Crippen LogP contribution in [0.4, 0.5) is 4.39 Å². The second kappa shape index (κ2) is 9.87. The van der Waals surface area contributed by atoms with E-state index in [4.69, 9.17) is 4.74 Å². The lowest BCUT2D eigenvalue weighted by Crippen LogP contribution is -2.39. The van der Waals surface area contributed by atoms with Crippen LogP contribution in [0, 0.1) is 5.82 Å². The summed E-state index contributed by atoms with van der Waals surface area (Å²) in [5, 5.41) is 2.12. The van der Waals surface area contributed by atoms with Crippen LogP contribution in [0.5, 0.6) is 0 Å². The predicted octanol–water partition coefficient (Wildman–Crippen LogP) is 3.89. The third-order valence-electron chi connectivity index (χ3n) is 5.66. The number of hydrogen-bond donors (Lipinski definition) is 0. The van der Waals surface area contributed by atoms with Gasteiger partial charge in [-0.2, -0.15) is 4.31 Å². The van der Waals surface area contributed by atoms with Gasteiger partial charge in [0.25, 0.3) is 0 Å². The fourth-order valence-electron chi connectivity index (χ4n) is 3.96. The monoisotopic (exact) mass is 442 g/mol. The first kappa shape index (κ1) is 21.9. The molecular weight excluding hydrogens is 415 g/mol. The molecule has 0 unspecified atom stereocenters. The van der Waals surface area contributed by atoms with Gasteiger partial charge in [-0.25, -0.2) is 12.8 Å². The summed E-state index contributed by atoms with van der Waals surface area (Å²) in [6, 6.07) is 19.0. The van der Waals surface area contributed by atoms with Crippen molar-refractivity contribution in [1.29, 1.82) is 0 Å². The van der Waals surface area contributed by atoms with Gasteiger partial charge in [0.2, 0.25) is 10.0 Å². The quantitative estimate of drug-likeness (QED) is 0.531. The van der Waals surface area contributed by atoms with E-state index in [-0.39, 0.29) is 11.4 Å². The Labute approximate surface area is 183 Å². The van der Waals surface area contributed by atoms with E-state index in [2.05, 4.69) is 4.90 Å². The molecule has 0 atom stereocenters. The molecule has 5 nitrogen and oxygen atoms in total. The van der Waals surface area contributed by atoms with Gasteiger partial charge < -0.3 is 4.74 Å². The van der Waals surface area contributed by atoms with E-state index in [0.717, 1.165) is 36.0 Å². The average Bonchev–Trinajstić information content (AvgIpc) is 2.79. The van der Waals surface area contributed by atoms with Gasteiger partial charge in [-0.05, 0) is 53.6 Å². The minimum absolute atomic E-state index is 0.112. The Kier molecular flexibility index (Phi) is 6.97. The molecule has 1 saturated heterocycles. The summed E-state index contributed by atoms with van der Waals surface area (Å²) in [4.78, 5) is 2.41. The van der Waals surface area contributed by atoms with Crippen LogP contribution in [0.1, 0.15) is 12.0 Å². The van der Waals surface area contributed by atoms with Gasteiger partial charge in [0.05, 0.1) is 18.1 Å². The summed E-state index contributed by atoms with van der Waals surface area (Å²) >= 11 is 0. The smallest absolute Gasteiger partial charge is 0.243 e. The highest BCUT2D eigenvalue weighted by atomic mass is 32.2.